The van der Waals surface area contributed by atoms with Gasteiger partial charge in [0.25, 0.3) is 0 Å². The van der Waals surface area contributed by atoms with Crippen molar-refractivity contribution in [3.8, 4) is 23.0 Å². The van der Waals surface area contributed by atoms with Crippen molar-refractivity contribution in [1.82, 2.24) is 10.3 Å². The van der Waals surface area contributed by atoms with Crippen LogP contribution in [0.5, 0.6) is 23.0 Å². The van der Waals surface area contributed by atoms with Crippen LogP contribution in [0.25, 0.3) is 0 Å². The van der Waals surface area contributed by atoms with Crippen LogP contribution in [-0.2, 0) is 19.7 Å². The maximum Gasteiger partial charge on any atom is 0.203 e. The maximum atomic E-state index is 5.99. The van der Waals surface area contributed by atoms with E-state index in [-0.39, 0.29) is 0 Å². The number of methoxy groups -OCH3 is 3. The zero-order valence-corrected chi connectivity index (χ0v) is 17.0. The van der Waals surface area contributed by atoms with Gasteiger partial charge in [-0.2, -0.15) is 0 Å². The number of para-hydroxylation sites is 1. The van der Waals surface area contributed by atoms with Gasteiger partial charge in [0, 0.05) is 36.6 Å². The van der Waals surface area contributed by atoms with Gasteiger partial charge in [-0.15, -0.1) is 0 Å². The first-order chi connectivity index (χ1) is 14.2. The highest BCUT2D eigenvalue weighted by Crippen LogP contribution is 2.38. The molecule has 0 atom stereocenters. The lowest BCUT2D eigenvalue weighted by Crippen LogP contribution is -2.14. The summed E-state index contributed by atoms with van der Waals surface area (Å²) in [6.07, 6.45) is 3.57. The van der Waals surface area contributed by atoms with E-state index < -0.39 is 0 Å². The normalized spacial score (nSPS) is 10.4. The molecule has 0 fully saturated rings. The second kappa shape index (κ2) is 10.3. The fraction of sp³-hybridized carbons (Fsp3) is 0.261. The van der Waals surface area contributed by atoms with Crippen molar-refractivity contribution in [2.45, 2.75) is 19.7 Å². The van der Waals surface area contributed by atoms with Crippen LogP contribution in [0.3, 0.4) is 0 Å². The highest BCUT2D eigenvalue weighted by Gasteiger charge is 2.13. The molecule has 0 amide bonds. The molecule has 3 aromatic rings. The number of ether oxygens (including phenoxy) is 4. The van der Waals surface area contributed by atoms with Crippen LogP contribution in [0.1, 0.15) is 16.7 Å². The van der Waals surface area contributed by atoms with E-state index in [4.69, 9.17) is 18.9 Å². The van der Waals surface area contributed by atoms with Gasteiger partial charge >= 0.3 is 0 Å². The second-order valence-corrected chi connectivity index (χ2v) is 6.39. The van der Waals surface area contributed by atoms with Crippen LogP contribution < -0.4 is 24.3 Å². The van der Waals surface area contributed by atoms with Crippen molar-refractivity contribution >= 4 is 0 Å². The molecule has 0 unspecified atom stereocenters. The monoisotopic (exact) mass is 394 g/mol. The Morgan fingerprint density at radius 1 is 0.793 bits per heavy atom. The Bertz CT molecular complexity index is 891. The number of nitrogens with zero attached hydrogens (tertiary/aromatic N) is 1. The molecular formula is C23H26N2O4. The Labute approximate surface area is 171 Å². The highest BCUT2D eigenvalue weighted by molar-refractivity contribution is 5.53. The van der Waals surface area contributed by atoms with Gasteiger partial charge in [-0.1, -0.05) is 24.3 Å². The average molecular weight is 394 g/mol. The molecule has 1 N–H and O–H groups in total. The van der Waals surface area contributed by atoms with E-state index in [2.05, 4.69) is 16.4 Å². The molecule has 3 rings (SSSR count). The van der Waals surface area contributed by atoms with Crippen molar-refractivity contribution in [3.05, 3.63) is 77.6 Å². The summed E-state index contributed by atoms with van der Waals surface area (Å²) in [4.78, 5) is 4.12. The first-order valence-corrected chi connectivity index (χ1v) is 9.34. The molecular weight excluding hydrogens is 368 g/mol. The number of hydrogen-bond donors (Lipinski definition) is 1. The van der Waals surface area contributed by atoms with Crippen LogP contribution in [0.2, 0.25) is 0 Å². The molecule has 2 aromatic carbocycles. The van der Waals surface area contributed by atoms with Gasteiger partial charge in [-0.25, -0.2) is 0 Å². The van der Waals surface area contributed by atoms with E-state index in [1.54, 1.807) is 27.5 Å². The van der Waals surface area contributed by atoms with Crippen molar-refractivity contribution < 1.29 is 18.9 Å². The Morgan fingerprint density at radius 2 is 1.55 bits per heavy atom. The van der Waals surface area contributed by atoms with Crippen LogP contribution in [-0.4, -0.2) is 26.3 Å². The van der Waals surface area contributed by atoms with Crippen molar-refractivity contribution in [2.24, 2.45) is 0 Å². The van der Waals surface area contributed by atoms with E-state index in [1.807, 2.05) is 48.7 Å². The smallest absolute Gasteiger partial charge is 0.203 e. The third kappa shape index (κ3) is 5.39. The van der Waals surface area contributed by atoms with E-state index in [9.17, 15) is 0 Å². The number of pyridine rings is 1. The first-order valence-electron chi connectivity index (χ1n) is 9.34. The maximum absolute atomic E-state index is 5.99. The lowest BCUT2D eigenvalue weighted by molar-refractivity contribution is 0.301. The third-order valence-corrected chi connectivity index (χ3v) is 4.46. The standard InChI is InChI=1S/C23H26N2O4/c1-26-21-11-18(12-22(27-2)23(21)28-3)14-25-15-19-8-4-5-9-20(19)29-16-17-7-6-10-24-13-17/h4-13,25H,14-16H2,1-3H3. The van der Waals surface area contributed by atoms with Gasteiger partial charge in [-0.05, 0) is 29.8 Å². The molecule has 0 radical (unpaired) electrons. The predicted molar refractivity (Wildman–Crippen MR) is 112 cm³/mol. The number of benzene rings is 2. The summed E-state index contributed by atoms with van der Waals surface area (Å²) in [7, 11) is 4.83. The molecule has 0 saturated heterocycles. The lowest BCUT2D eigenvalue weighted by atomic mass is 10.1. The van der Waals surface area contributed by atoms with E-state index in [1.165, 1.54) is 0 Å². The van der Waals surface area contributed by atoms with Crippen molar-refractivity contribution in [2.75, 3.05) is 21.3 Å². The lowest BCUT2D eigenvalue weighted by Gasteiger charge is -2.15. The summed E-state index contributed by atoms with van der Waals surface area (Å²) in [5, 5.41) is 3.45. The number of rotatable bonds is 10. The van der Waals surface area contributed by atoms with Gasteiger partial charge in [-0.3, -0.25) is 4.98 Å². The quantitative estimate of drug-likeness (QED) is 0.561. The summed E-state index contributed by atoms with van der Waals surface area (Å²) in [5.74, 6) is 2.73. The molecule has 6 nitrogen and oxygen atoms in total. The number of nitrogens with one attached hydrogen (secondary N) is 1. The molecule has 0 aliphatic carbocycles. The molecule has 1 heterocycles. The molecule has 0 aliphatic rings. The van der Waals surface area contributed by atoms with Gasteiger partial charge in [0.05, 0.1) is 21.3 Å². The molecule has 152 valence electrons. The largest absolute Gasteiger partial charge is 0.493 e. The van der Waals surface area contributed by atoms with E-state index in [0.717, 1.165) is 22.4 Å². The highest BCUT2D eigenvalue weighted by atomic mass is 16.5. The van der Waals surface area contributed by atoms with Crippen molar-refractivity contribution in [3.63, 3.8) is 0 Å². The van der Waals surface area contributed by atoms with Gasteiger partial charge < -0.3 is 24.3 Å². The fourth-order valence-electron chi connectivity index (χ4n) is 3.01. The Kier molecular flexibility index (Phi) is 7.30. The minimum atomic E-state index is 0.484. The van der Waals surface area contributed by atoms with Crippen LogP contribution >= 0.6 is 0 Å². The summed E-state index contributed by atoms with van der Waals surface area (Å²) in [5.41, 5.74) is 3.16. The molecule has 29 heavy (non-hydrogen) atoms. The van der Waals surface area contributed by atoms with Gasteiger partial charge in [0.1, 0.15) is 12.4 Å². The molecule has 0 bridgehead atoms. The van der Waals surface area contributed by atoms with E-state index in [0.29, 0.717) is 36.9 Å². The van der Waals surface area contributed by atoms with Crippen LogP contribution in [0.4, 0.5) is 0 Å². The topological polar surface area (TPSA) is 61.8 Å². The minimum Gasteiger partial charge on any atom is -0.493 e. The minimum absolute atomic E-state index is 0.484. The van der Waals surface area contributed by atoms with Gasteiger partial charge in [0.15, 0.2) is 11.5 Å². The van der Waals surface area contributed by atoms with Crippen LogP contribution in [0.15, 0.2) is 60.9 Å². The summed E-state index contributed by atoms with van der Waals surface area (Å²) >= 11 is 0. The zero-order chi connectivity index (χ0) is 20.5. The first kappa shape index (κ1) is 20.5. The van der Waals surface area contributed by atoms with Gasteiger partial charge in [0.2, 0.25) is 5.75 Å². The Morgan fingerprint density at radius 3 is 2.21 bits per heavy atom. The summed E-state index contributed by atoms with van der Waals surface area (Å²) in [6, 6.07) is 15.8. The number of aromatic nitrogens is 1. The molecule has 1 aromatic heterocycles. The number of hydrogen-bond acceptors (Lipinski definition) is 6. The Hall–Kier alpha value is -3.25. The third-order valence-electron chi connectivity index (χ3n) is 4.46. The van der Waals surface area contributed by atoms with Crippen molar-refractivity contribution in [1.29, 1.82) is 0 Å². The molecule has 6 heteroatoms. The zero-order valence-electron chi connectivity index (χ0n) is 17.0. The summed E-state index contributed by atoms with van der Waals surface area (Å²) < 4.78 is 22.2. The van der Waals surface area contributed by atoms with E-state index >= 15 is 0 Å². The Balaban J connectivity index is 1.63. The molecule has 0 spiro atoms. The summed E-state index contributed by atoms with van der Waals surface area (Å²) in [6.45, 7) is 1.80. The average Bonchev–Trinajstić information content (AvgIpc) is 2.78. The molecule has 0 saturated carbocycles. The molecule has 0 aliphatic heterocycles. The fourth-order valence-corrected chi connectivity index (χ4v) is 3.01. The second-order valence-electron chi connectivity index (χ2n) is 6.39. The van der Waals surface area contributed by atoms with Crippen LogP contribution in [0, 0.1) is 0 Å². The SMILES string of the molecule is COc1cc(CNCc2ccccc2OCc2cccnc2)cc(OC)c1OC. The predicted octanol–water partition coefficient (Wildman–Crippen LogP) is 3.98.